The van der Waals surface area contributed by atoms with Crippen LogP contribution in [0, 0.1) is 11.3 Å². The van der Waals surface area contributed by atoms with Gasteiger partial charge in [-0.25, -0.2) is 0 Å². The van der Waals surface area contributed by atoms with Gasteiger partial charge in [0.15, 0.2) is 0 Å². The smallest absolute Gasteiger partial charge is 0.251 e. The Morgan fingerprint density at radius 1 is 1.22 bits per heavy atom. The molecule has 2 aromatic rings. The van der Waals surface area contributed by atoms with E-state index in [1.54, 1.807) is 36.4 Å². The molecule has 0 aliphatic heterocycles. The maximum Gasteiger partial charge on any atom is 0.251 e. The molecule has 0 aliphatic rings. The van der Waals surface area contributed by atoms with E-state index in [1.807, 2.05) is 13.8 Å². The van der Waals surface area contributed by atoms with Crippen molar-refractivity contribution >= 4 is 5.91 Å². The van der Waals surface area contributed by atoms with Crippen LogP contribution in [-0.2, 0) is 6.42 Å². The molecule has 0 spiro atoms. The minimum Gasteiger partial charge on any atom is -0.508 e. The van der Waals surface area contributed by atoms with Crippen molar-refractivity contribution in [1.82, 2.24) is 5.32 Å². The van der Waals surface area contributed by atoms with E-state index in [0.29, 0.717) is 29.7 Å². The van der Waals surface area contributed by atoms with Gasteiger partial charge in [-0.1, -0.05) is 12.1 Å². The lowest BCUT2D eigenvalue weighted by Gasteiger charge is -2.18. The number of aliphatic hydroxyl groups excluding tert-OH is 1. The molecule has 0 aromatic heterocycles. The fraction of sp³-hybridized carbons (Fsp3) is 0.333. The predicted octanol–water partition coefficient (Wildman–Crippen LogP) is 2.77. The maximum absolute atomic E-state index is 12.6. The first-order chi connectivity index (χ1) is 12.9. The molecule has 1 atom stereocenters. The summed E-state index contributed by atoms with van der Waals surface area (Å²) in [7, 11) is 0. The van der Waals surface area contributed by atoms with Crippen molar-refractivity contribution in [2.24, 2.45) is 0 Å². The van der Waals surface area contributed by atoms with Gasteiger partial charge in [0.2, 0.25) is 0 Å². The number of ether oxygens (including phenoxy) is 1. The summed E-state index contributed by atoms with van der Waals surface area (Å²) in [6, 6.07) is 13.2. The number of carbonyl (C=O) groups excluding carboxylic acids is 1. The predicted molar refractivity (Wildman–Crippen MR) is 102 cm³/mol. The molecule has 0 unspecified atom stereocenters. The quantitative estimate of drug-likeness (QED) is 0.665. The van der Waals surface area contributed by atoms with Gasteiger partial charge in [-0.15, -0.1) is 0 Å². The lowest BCUT2D eigenvalue weighted by Crippen LogP contribution is -2.37. The van der Waals surface area contributed by atoms with Gasteiger partial charge >= 0.3 is 0 Å². The molecule has 142 valence electrons. The SMILES string of the molecule is CC(C)Oc1ccc(C(=O)N[C@H](CCO)Cc2ccc(O)cc2)cc1C#N. The Labute approximate surface area is 159 Å². The van der Waals surface area contributed by atoms with E-state index in [2.05, 4.69) is 11.4 Å². The van der Waals surface area contributed by atoms with Gasteiger partial charge in [0.1, 0.15) is 17.6 Å². The largest absolute Gasteiger partial charge is 0.508 e. The number of aliphatic hydroxyl groups is 1. The summed E-state index contributed by atoms with van der Waals surface area (Å²) in [5.41, 5.74) is 1.59. The average Bonchev–Trinajstić information content (AvgIpc) is 2.63. The highest BCUT2D eigenvalue weighted by atomic mass is 16.5. The van der Waals surface area contributed by atoms with Crippen molar-refractivity contribution in [3.8, 4) is 17.6 Å². The number of hydrogen-bond donors (Lipinski definition) is 3. The van der Waals surface area contributed by atoms with Gasteiger partial charge in [0.05, 0.1) is 11.7 Å². The van der Waals surface area contributed by atoms with Gasteiger partial charge < -0.3 is 20.3 Å². The Balaban J connectivity index is 2.12. The molecule has 0 radical (unpaired) electrons. The van der Waals surface area contributed by atoms with Gasteiger partial charge in [-0.05, 0) is 62.6 Å². The standard InChI is InChI=1S/C21H24N2O4/c1-14(2)27-20-8-5-16(12-17(20)13-22)21(26)23-18(9-10-24)11-15-3-6-19(25)7-4-15/h3-8,12,14,18,24-25H,9-11H2,1-2H3,(H,23,26)/t18-/m1/s1. The van der Waals surface area contributed by atoms with Gasteiger partial charge in [-0.2, -0.15) is 5.26 Å². The summed E-state index contributed by atoms with van der Waals surface area (Å²) in [6.45, 7) is 3.67. The van der Waals surface area contributed by atoms with Gasteiger partial charge in [0.25, 0.3) is 5.91 Å². The molecule has 3 N–H and O–H groups in total. The number of phenolic OH excluding ortho intramolecular Hbond substituents is 1. The molecule has 0 saturated carbocycles. The first kappa shape index (κ1) is 20.3. The Bertz CT molecular complexity index is 810. The normalized spacial score (nSPS) is 11.7. The lowest BCUT2D eigenvalue weighted by atomic mass is 10.0. The number of carbonyl (C=O) groups is 1. The Hall–Kier alpha value is -3.04. The molecule has 2 aromatic carbocycles. The highest BCUT2D eigenvalue weighted by molar-refractivity contribution is 5.95. The molecule has 27 heavy (non-hydrogen) atoms. The molecule has 0 fully saturated rings. The zero-order valence-corrected chi connectivity index (χ0v) is 15.5. The lowest BCUT2D eigenvalue weighted by molar-refractivity contribution is 0.0930. The first-order valence-electron chi connectivity index (χ1n) is 8.83. The zero-order chi connectivity index (χ0) is 19.8. The number of nitriles is 1. The summed E-state index contributed by atoms with van der Waals surface area (Å²) in [5, 5.41) is 30.9. The van der Waals surface area contributed by atoms with Crippen LogP contribution in [0.1, 0.15) is 41.8 Å². The first-order valence-corrected chi connectivity index (χ1v) is 8.83. The summed E-state index contributed by atoms with van der Waals surface area (Å²) >= 11 is 0. The van der Waals surface area contributed by atoms with Crippen molar-refractivity contribution in [2.45, 2.75) is 38.8 Å². The monoisotopic (exact) mass is 368 g/mol. The van der Waals surface area contributed by atoms with Crippen LogP contribution in [0.2, 0.25) is 0 Å². The Kier molecular flexibility index (Phi) is 7.21. The minimum absolute atomic E-state index is 0.0619. The Morgan fingerprint density at radius 2 is 1.93 bits per heavy atom. The molecule has 0 saturated heterocycles. The second kappa shape index (κ2) is 9.60. The third kappa shape index (κ3) is 6.01. The molecule has 2 rings (SSSR count). The van der Waals surface area contributed by atoms with Crippen LogP contribution in [0.3, 0.4) is 0 Å². The average molecular weight is 368 g/mol. The summed E-state index contributed by atoms with van der Waals surface area (Å²) < 4.78 is 5.57. The van der Waals surface area contributed by atoms with E-state index in [-0.39, 0.29) is 30.4 Å². The number of aromatic hydroxyl groups is 1. The second-order valence-electron chi connectivity index (χ2n) is 6.54. The molecule has 0 heterocycles. The van der Waals surface area contributed by atoms with E-state index in [4.69, 9.17) is 4.74 Å². The van der Waals surface area contributed by atoms with Crippen molar-refractivity contribution in [2.75, 3.05) is 6.61 Å². The van der Waals surface area contributed by atoms with Crippen LogP contribution in [0.4, 0.5) is 0 Å². The number of nitrogens with one attached hydrogen (secondary N) is 1. The van der Waals surface area contributed by atoms with Gasteiger partial charge in [0, 0.05) is 18.2 Å². The minimum atomic E-state index is -0.320. The zero-order valence-electron chi connectivity index (χ0n) is 15.5. The van der Waals surface area contributed by atoms with Crippen LogP contribution >= 0.6 is 0 Å². The second-order valence-corrected chi connectivity index (χ2v) is 6.54. The number of amides is 1. The summed E-state index contributed by atoms with van der Waals surface area (Å²) in [6.07, 6.45) is 0.842. The van der Waals surface area contributed by atoms with Crippen LogP contribution in [-0.4, -0.2) is 34.9 Å². The highest BCUT2D eigenvalue weighted by Crippen LogP contribution is 2.21. The van der Waals surface area contributed by atoms with Crippen LogP contribution < -0.4 is 10.1 Å². The van der Waals surface area contributed by atoms with E-state index >= 15 is 0 Å². The summed E-state index contributed by atoms with van der Waals surface area (Å²) in [4.78, 5) is 12.6. The van der Waals surface area contributed by atoms with E-state index < -0.39 is 0 Å². The number of nitrogens with zero attached hydrogens (tertiary/aromatic N) is 1. The highest BCUT2D eigenvalue weighted by Gasteiger charge is 2.16. The van der Waals surface area contributed by atoms with Gasteiger partial charge in [-0.3, -0.25) is 4.79 Å². The van der Waals surface area contributed by atoms with Crippen molar-refractivity contribution in [3.05, 3.63) is 59.2 Å². The third-order valence-electron chi connectivity index (χ3n) is 3.96. The summed E-state index contributed by atoms with van der Waals surface area (Å²) in [5.74, 6) is 0.300. The topological polar surface area (TPSA) is 103 Å². The molecule has 6 nitrogen and oxygen atoms in total. The van der Waals surface area contributed by atoms with E-state index in [9.17, 15) is 20.3 Å². The van der Waals surface area contributed by atoms with Crippen molar-refractivity contribution in [3.63, 3.8) is 0 Å². The van der Waals surface area contributed by atoms with Crippen LogP contribution in [0.5, 0.6) is 11.5 Å². The Morgan fingerprint density at radius 3 is 2.52 bits per heavy atom. The van der Waals surface area contributed by atoms with E-state index in [0.717, 1.165) is 5.56 Å². The molecule has 1 amide bonds. The van der Waals surface area contributed by atoms with Crippen molar-refractivity contribution in [1.29, 1.82) is 5.26 Å². The van der Waals surface area contributed by atoms with Crippen molar-refractivity contribution < 1.29 is 19.7 Å². The molecule has 0 aliphatic carbocycles. The number of benzene rings is 2. The van der Waals surface area contributed by atoms with Crippen LogP contribution in [0.25, 0.3) is 0 Å². The number of phenols is 1. The fourth-order valence-electron chi connectivity index (χ4n) is 2.68. The number of rotatable bonds is 8. The van der Waals surface area contributed by atoms with Crippen LogP contribution in [0.15, 0.2) is 42.5 Å². The van der Waals surface area contributed by atoms with E-state index in [1.165, 1.54) is 6.07 Å². The molecule has 0 bridgehead atoms. The molecular formula is C21H24N2O4. The maximum atomic E-state index is 12.6. The molecule has 6 heteroatoms. The molecular weight excluding hydrogens is 344 g/mol. The number of hydrogen-bond acceptors (Lipinski definition) is 5. The fourth-order valence-corrected chi connectivity index (χ4v) is 2.68. The third-order valence-corrected chi connectivity index (χ3v) is 3.96.